The van der Waals surface area contributed by atoms with Gasteiger partial charge in [0.1, 0.15) is 0 Å². The second-order valence-electron chi connectivity index (χ2n) is 7.26. The van der Waals surface area contributed by atoms with E-state index in [1.54, 1.807) is 0 Å². The molecule has 0 aliphatic heterocycles. The van der Waals surface area contributed by atoms with E-state index in [0.29, 0.717) is 17.8 Å². The summed E-state index contributed by atoms with van der Waals surface area (Å²) in [7, 11) is 2.33. The number of carbonyl (C=O) groups excluding carboxylic acids is 1. The molecule has 1 aromatic carbocycles. The first-order chi connectivity index (χ1) is 10.7. The summed E-state index contributed by atoms with van der Waals surface area (Å²) < 4.78 is 0. The van der Waals surface area contributed by atoms with Gasteiger partial charge in [-0.1, -0.05) is 62.9 Å². The zero-order valence-corrected chi connectivity index (χ0v) is 17.6. The summed E-state index contributed by atoms with van der Waals surface area (Å²) in [5, 5.41) is 1.34. The van der Waals surface area contributed by atoms with Gasteiger partial charge in [0.15, 0.2) is 5.52 Å². The van der Waals surface area contributed by atoms with Gasteiger partial charge in [-0.3, -0.25) is 4.79 Å². The molecule has 0 heterocycles. The maximum atomic E-state index is 11.9. The predicted molar refractivity (Wildman–Crippen MR) is 108 cm³/mol. The number of carbonyl (C=O) groups is 1. The van der Waals surface area contributed by atoms with Gasteiger partial charge in [0.05, 0.1) is 0 Å². The Bertz CT molecular complexity index is 461. The Labute approximate surface area is 155 Å². The molecule has 1 unspecified atom stereocenters. The summed E-state index contributed by atoms with van der Waals surface area (Å²) in [5.41, 5.74) is 4.72. The van der Waals surface area contributed by atoms with E-state index in [1.165, 1.54) is 34.6 Å². The Balaban J connectivity index is 0.000000841. The summed E-state index contributed by atoms with van der Waals surface area (Å²) in [6.07, 6.45) is 2.73. The van der Waals surface area contributed by atoms with Crippen LogP contribution in [0.2, 0.25) is 5.09 Å². The SMILES string of the molecule is CC(C)c1cc(C(C)C)c(C(=O)P)c(C(C)C)c1.[Li][CH2]CCC. The molecular weight excluding hydrogens is 294 g/mol. The van der Waals surface area contributed by atoms with Gasteiger partial charge in [0, 0.05) is 5.56 Å². The molecule has 126 valence electrons. The zero-order valence-electron chi connectivity index (χ0n) is 16.5. The molecule has 0 saturated heterocycles. The van der Waals surface area contributed by atoms with Gasteiger partial charge in [0.2, 0.25) is 0 Å². The molecule has 0 bridgehead atoms. The van der Waals surface area contributed by atoms with E-state index in [9.17, 15) is 4.79 Å². The monoisotopic (exact) mass is 328 g/mol. The molecule has 23 heavy (non-hydrogen) atoms. The number of benzene rings is 1. The second kappa shape index (κ2) is 11.5. The van der Waals surface area contributed by atoms with E-state index in [0.717, 1.165) is 5.56 Å². The van der Waals surface area contributed by atoms with Crippen molar-refractivity contribution >= 4 is 32.5 Å². The third kappa shape index (κ3) is 7.56. The molecule has 0 N–H and O–H groups in total. The van der Waals surface area contributed by atoms with Crippen molar-refractivity contribution in [1.82, 2.24) is 0 Å². The summed E-state index contributed by atoms with van der Waals surface area (Å²) >= 11 is 2.21. The van der Waals surface area contributed by atoms with Crippen molar-refractivity contribution in [3.63, 3.8) is 0 Å². The maximum absolute atomic E-state index is 11.9. The number of hydrogen-bond acceptors (Lipinski definition) is 1. The van der Waals surface area contributed by atoms with Gasteiger partial charge in [0.25, 0.3) is 0 Å². The minimum atomic E-state index is 0.109. The first-order valence-electron chi connectivity index (χ1n) is 9.14. The fourth-order valence-corrected chi connectivity index (χ4v) is 2.93. The molecule has 0 aromatic heterocycles. The van der Waals surface area contributed by atoms with Crippen molar-refractivity contribution in [2.75, 3.05) is 0 Å². The van der Waals surface area contributed by atoms with Crippen LogP contribution in [0, 0.1) is 0 Å². The van der Waals surface area contributed by atoms with E-state index >= 15 is 0 Å². The zero-order chi connectivity index (χ0) is 18.2. The van der Waals surface area contributed by atoms with Crippen molar-refractivity contribution in [1.29, 1.82) is 0 Å². The standard InChI is InChI=1S/C16H25OP.C4H9.Li/c1-9(2)12-7-13(10(3)4)15(16(17)18)14(8-12)11(5)6;1-3-4-2;/h7-11H,18H2,1-6H3;1,3-4H2,2H3;. The van der Waals surface area contributed by atoms with Crippen LogP contribution in [0.25, 0.3) is 0 Å². The van der Waals surface area contributed by atoms with Crippen LogP contribution in [0.5, 0.6) is 0 Å². The molecular formula is C20H34LiOP. The van der Waals surface area contributed by atoms with Crippen LogP contribution in [0.3, 0.4) is 0 Å². The Kier molecular flexibility index (Phi) is 11.4. The number of hydrogen-bond donors (Lipinski definition) is 0. The van der Waals surface area contributed by atoms with Gasteiger partial charge < -0.3 is 0 Å². The normalized spacial score (nSPS) is 11.0. The van der Waals surface area contributed by atoms with Crippen molar-refractivity contribution in [2.24, 2.45) is 0 Å². The molecule has 1 aromatic rings. The van der Waals surface area contributed by atoms with Crippen LogP contribution in [0.4, 0.5) is 0 Å². The quantitative estimate of drug-likeness (QED) is 0.433. The average Bonchev–Trinajstić information content (AvgIpc) is 2.46. The molecule has 0 amide bonds. The van der Waals surface area contributed by atoms with Gasteiger partial charge in [-0.15, -0.1) is 0 Å². The summed E-state index contributed by atoms with van der Waals surface area (Å²) in [4.78, 5) is 11.9. The van der Waals surface area contributed by atoms with E-state index in [4.69, 9.17) is 0 Å². The molecule has 0 spiro atoms. The van der Waals surface area contributed by atoms with Crippen molar-refractivity contribution in [3.8, 4) is 0 Å². The molecule has 1 atom stereocenters. The van der Waals surface area contributed by atoms with E-state index in [2.05, 4.69) is 87.6 Å². The van der Waals surface area contributed by atoms with Crippen LogP contribution in [-0.2, 0) is 0 Å². The van der Waals surface area contributed by atoms with Gasteiger partial charge >= 0.3 is 42.6 Å². The Morgan fingerprint density at radius 3 is 1.61 bits per heavy atom. The molecule has 0 aliphatic carbocycles. The van der Waals surface area contributed by atoms with Crippen molar-refractivity contribution < 1.29 is 4.79 Å². The number of unbranched alkanes of at least 4 members (excludes halogenated alkanes) is 1. The van der Waals surface area contributed by atoms with E-state index in [1.807, 2.05) is 0 Å². The topological polar surface area (TPSA) is 17.1 Å². The van der Waals surface area contributed by atoms with Gasteiger partial charge in [-0.25, -0.2) is 0 Å². The van der Waals surface area contributed by atoms with Crippen LogP contribution in [0.15, 0.2) is 12.1 Å². The molecule has 0 saturated carbocycles. The first kappa shape index (κ1) is 22.9. The molecule has 3 heteroatoms. The fraction of sp³-hybridized carbons (Fsp3) is 0.650. The average molecular weight is 328 g/mol. The van der Waals surface area contributed by atoms with Crippen LogP contribution in [0.1, 0.15) is 106 Å². The van der Waals surface area contributed by atoms with Crippen LogP contribution in [-0.4, -0.2) is 23.2 Å². The van der Waals surface area contributed by atoms with Gasteiger partial charge in [-0.05, 0) is 34.4 Å². The first-order valence-corrected chi connectivity index (χ1v) is 9.72. The van der Waals surface area contributed by atoms with Gasteiger partial charge in [-0.2, -0.15) is 0 Å². The summed E-state index contributed by atoms with van der Waals surface area (Å²) in [6, 6.07) is 4.41. The fourth-order valence-electron chi connectivity index (χ4n) is 2.59. The van der Waals surface area contributed by atoms with Crippen molar-refractivity contribution in [3.05, 3.63) is 34.4 Å². The Hall–Kier alpha value is -0.0826. The molecule has 1 nitrogen and oxygen atoms in total. The molecule has 0 fully saturated rings. The Morgan fingerprint density at radius 1 is 1.00 bits per heavy atom. The third-order valence-electron chi connectivity index (χ3n) is 4.09. The summed E-state index contributed by atoms with van der Waals surface area (Å²) in [6.45, 7) is 15.2. The van der Waals surface area contributed by atoms with Crippen LogP contribution >= 0.6 is 9.24 Å². The minimum absolute atomic E-state index is 0.109. The summed E-state index contributed by atoms with van der Waals surface area (Å²) in [5.74, 6) is 1.25. The van der Waals surface area contributed by atoms with Crippen LogP contribution < -0.4 is 0 Å². The number of rotatable bonds is 6. The van der Waals surface area contributed by atoms with E-state index in [-0.39, 0.29) is 5.52 Å². The molecule has 0 aliphatic rings. The molecule has 1 rings (SSSR count). The Morgan fingerprint density at radius 2 is 1.43 bits per heavy atom. The van der Waals surface area contributed by atoms with E-state index < -0.39 is 0 Å². The van der Waals surface area contributed by atoms with Crippen molar-refractivity contribution in [2.45, 2.75) is 84.2 Å². The third-order valence-corrected chi connectivity index (χ3v) is 4.37. The predicted octanol–water partition coefficient (Wildman–Crippen LogP) is 6.45. The second-order valence-corrected chi connectivity index (χ2v) is 7.78. The molecule has 0 radical (unpaired) electrons.